The lowest BCUT2D eigenvalue weighted by atomic mass is 10.0. The van der Waals surface area contributed by atoms with Gasteiger partial charge >= 0.3 is 5.97 Å². The van der Waals surface area contributed by atoms with Crippen molar-refractivity contribution in [2.24, 2.45) is 0 Å². The number of fused-ring (bicyclic) bond motifs is 1. The summed E-state index contributed by atoms with van der Waals surface area (Å²) in [5.74, 6) is -0.0732. The first kappa shape index (κ1) is 31.9. The molecule has 2 atom stereocenters. The Labute approximate surface area is 286 Å². The van der Waals surface area contributed by atoms with Crippen LogP contribution >= 0.6 is 23.2 Å². The van der Waals surface area contributed by atoms with E-state index in [2.05, 4.69) is 38.8 Å². The van der Waals surface area contributed by atoms with Crippen LogP contribution in [-0.4, -0.2) is 87.9 Å². The van der Waals surface area contributed by atoms with Gasteiger partial charge in [-0.1, -0.05) is 29.3 Å². The number of anilines is 2. The molecule has 0 aliphatic carbocycles. The monoisotopic (exact) mass is 685 g/mol. The molecule has 2 aliphatic rings. The number of hydrogen-bond acceptors (Lipinski definition) is 9. The Morgan fingerprint density at radius 1 is 1.00 bits per heavy atom. The number of ether oxygens (including phenoxy) is 1. The molecule has 13 heteroatoms. The van der Waals surface area contributed by atoms with Gasteiger partial charge in [0.2, 0.25) is 11.3 Å². The summed E-state index contributed by atoms with van der Waals surface area (Å²) in [5, 5.41) is 10.9. The Bertz CT molecular complexity index is 2040. The molecule has 11 nitrogen and oxygen atoms in total. The van der Waals surface area contributed by atoms with Crippen LogP contribution in [0.5, 0.6) is 5.88 Å². The Morgan fingerprint density at radius 2 is 1.81 bits per heavy atom. The SMILES string of the molecule is CN(C)C1CN(c2ccc(-n3cc(C(=O)O)c(=O)c4cc(Cl)c(N5CC(c6ccccn6)C[C@@H]5COc5ncccc5Cl)cc43)cn2)C1. The molecule has 0 bridgehead atoms. The minimum Gasteiger partial charge on any atom is -0.477 e. The highest BCUT2D eigenvalue weighted by Crippen LogP contribution is 2.40. The third-order valence-electron chi connectivity index (χ3n) is 9.20. The second-order valence-electron chi connectivity index (χ2n) is 12.4. The summed E-state index contributed by atoms with van der Waals surface area (Å²) >= 11 is 13.3. The first-order chi connectivity index (χ1) is 23.2. The highest BCUT2D eigenvalue weighted by atomic mass is 35.5. The van der Waals surface area contributed by atoms with Crippen LogP contribution in [0.1, 0.15) is 28.4 Å². The smallest absolute Gasteiger partial charge is 0.341 e. The van der Waals surface area contributed by atoms with Crippen molar-refractivity contribution in [3.8, 4) is 11.6 Å². The number of pyridine rings is 4. The summed E-state index contributed by atoms with van der Waals surface area (Å²) in [4.78, 5) is 45.8. The first-order valence-electron chi connectivity index (χ1n) is 15.6. The van der Waals surface area contributed by atoms with Crippen LogP contribution in [0.4, 0.5) is 11.5 Å². The predicted molar refractivity (Wildman–Crippen MR) is 186 cm³/mol. The molecule has 2 fully saturated rings. The van der Waals surface area contributed by atoms with E-state index in [1.54, 1.807) is 41.4 Å². The third kappa shape index (κ3) is 6.05. The van der Waals surface area contributed by atoms with Gasteiger partial charge in [-0.2, -0.15) is 0 Å². The van der Waals surface area contributed by atoms with Crippen molar-refractivity contribution < 1.29 is 14.6 Å². The molecule has 246 valence electrons. The van der Waals surface area contributed by atoms with Crippen molar-refractivity contribution in [2.75, 3.05) is 50.1 Å². The molecule has 4 aromatic heterocycles. The Morgan fingerprint density at radius 3 is 2.50 bits per heavy atom. The predicted octanol–water partition coefficient (Wildman–Crippen LogP) is 5.37. The molecule has 2 saturated heterocycles. The molecule has 0 saturated carbocycles. The molecular formula is C35H33Cl2N7O4. The van der Waals surface area contributed by atoms with Crippen molar-refractivity contribution in [1.29, 1.82) is 0 Å². The number of likely N-dealkylation sites (N-methyl/N-ethyl adjacent to an activating group) is 1. The molecule has 5 aromatic rings. The molecule has 1 N–H and O–H groups in total. The molecule has 0 amide bonds. The maximum Gasteiger partial charge on any atom is 0.341 e. The van der Waals surface area contributed by atoms with Crippen LogP contribution in [0.25, 0.3) is 16.6 Å². The number of aromatic nitrogens is 4. The standard InChI is InChI=1S/C35H33Cl2N7O4/c1-41(2)24-17-42(18-24)32-9-8-22(15-40-32)44-19-26(35(46)47)33(45)25-13-28(37)31(14-30(25)44)43-16-21(29-7-3-4-10-38-29)12-23(43)20-48-34-27(36)6-5-11-39-34/h3-11,13-15,19,21,23-24H,12,16-18,20H2,1-2H3,(H,46,47)/t21?,23-/m1/s1. The molecule has 6 heterocycles. The van der Waals surface area contributed by atoms with E-state index in [-0.39, 0.29) is 29.5 Å². The minimum atomic E-state index is -1.32. The number of carboxylic acid groups (broad SMARTS) is 1. The average molecular weight is 687 g/mol. The number of nitrogens with zero attached hydrogens (tertiary/aromatic N) is 7. The van der Waals surface area contributed by atoms with Gasteiger partial charge in [-0.05, 0) is 69.0 Å². The fourth-order valence-electron chi connectivity index (χ4n) is 6.45. The second-order valence-corrected chi connectivity index (χ2v) is 13.2. The van der Waals surface area contributed by atoms with Crippen molar-refractivity contribution >= 4 is 51.6 Å². The summed E-state index contributed by atoms with van der Waals surface area (Å²) in [6.45, 7) is 2.61. The molecule has 0 radical (unpaired) electrons. The van der Waals surface area contributed by atoms with Crippen molar-refractivity contribution in [3.05, 3.63) is 111 Å². The van der Waals surface area contributed by atoms with Crippen LogP contribution in [0.3, 0.4) is 0 Å². The average Bonchev–Trinajstić information content (AvgIpc) is 3.48. The Kier molecular flexibility index (Phi) is 8.67. The zero-order valence-electron chi connectivity index (χ0n) is 26.3. The van der Waals surface area contributed by atoms with Crippen molar-refractivity contribution in [2.45, 2.75) is 24.4 Å². The zero-order chi connectivity index (χ0) is 33.5. The fraction of sp³-hybridized carbons (Fsp3) is 0.286. The van der Waals surface area contributed by atoms with E-state index < -0.39 is 11.4 Å². The maximum absolute atomic E-state index is 13.5. The number of hydrogen-bond donors (Lipinski definition) is 1. The van der Waals surface area contributed by atoms with E-state index in [1.165, 1.54) is 6.20 Å². The van der Waals surface area contributed by atoms with Gasteiger partial charge in [-0.3, -0.25) is 9.78 Å². The molecule has 7 rings (SSSR count). The van der Waals surface area contributed by atoms with Crippen molar-refractivity contribution in [3.63, 3.8) is 0 Å². The molecule has 1 aromatic carbocycles. The van der Waals surface area contributed by atoms with Gasteiger partial charge < -0.3 is 29.1 Å². The van der Waals surface area contributed by atoms with Crippen LogP contribution in [0.2, 0.25) is 10.0 Å². The summed E-state index contributed by atoms with van der Waals surface area (Å²) in [5.41, 5.74) is 1.78. The largest absolute Gasteiger partial charge is 0.477 e. The van der Waals surface area contributed by atoms with Gasteiger partial charge in [0.25, 0.3) is 0 Å². The van der Waals surface area contributed by atoms with Crippen LogP contribution in [-0.2, 0) is 0 Å². The van der Waals surface area contributed by atoms with Gasteiger partial charge in [0.05, 0.1) is 34.2 Å². The summed E-state index contributed by atoms with van der Waals surface area (Å²) in [6, 6.07) is 16.8. The minimum absolute atomic E-state index is 0.0766. The lowest BCUT2D eigenvalue weighted by molar-refractivity contribution is 0.0695. The summed E-state index contributed by atoms with van der Waals surface area (Å²) in [7, 11) is 4.12. The zero-order valence-corrected chi connectivity index (χ0v) is 27.8. The highest BCUT2D eigenvalue weighted by Gasteiger charge is 2.36. The van der Waals surface area contributed by atoms with E-state index in [1.807, 2.05) is 36.4 Å². The Balaban J connectivity index is 1.29. The normalized spacial score (nSPS) is 18.0. The quantitative estimate of drug-likeness (QED) is 0.217. The van der Waals surface area contributed by atoms with Gasteiger partial charge in [-0.15, -0.1) is 0 Å². The second kappa shape index (κ2) is 13.1. The van der Waals surface area contributed by atoms with E-state index in [0.717, 1.165) is 31.0 Å². The van der Waals surface area contributed by atoms with Crippen LogP contribution in [0, 0.1) is 0 Å². The van der Waals surface area contributed by atoms with Crippen molar-refractivity contribution in [1.82, 2.24) is 24.4 Å². The Hall–Kier alpha value is -4.71. The summed E-state index contributed by atoms with van der Waals surface area (Å²) < 4.78 is 7.81. The van der Waals surface area contributed by atoms with Gasteiger partial charge in [0, 0.05) is 61.3 Å². The molecule has 48 heavy (non-hydrogen) atoms. The molecule has 0 spiro atoms. The first-order valence-corrected chi connectivity index (χ1v) is 16.3. The van der Waals surface area contributed by atoms with Gasteiger partial charge in [0.1, 0.15) is 23.0 Å². The van der Waals surface area contributed by atoms with Gasteiger partial charge in [-0.25, -0.2) is 14.8 Å². The lowest BCUT2D eigenvalue weighted by Crippen LogP contribution is -2.57. The van der Waals surface area contributed by atoms with E-state index in [0.29, 0.717) is 45.4 Å². The van der Waals surface area contributed by atoms with E-state index >= 15 is 0 Å². The van der Waals surface area contributed by atoms with E-state index in [4.69, 9.17) is 32.9 Å². The van der Waals surface area contributed by atoms with Gasteiger partial charge in [0.15, 0.2) is 0 Å². The number of benzene rings is 1. The molecular weight excluding hydrogens is 653 g/mol. The number of carbonyl (C=O) groups is 1. The highest BCUT2D eigenvalue weighted by molar-refractivity contribution is 6.34. The number of rotatable bonds is 9. The summed E-state index contributed by atoms with van der Waals surface area (Å²) in [6.07, 6.45) is 7.18. The molecule has 1 unspecified atom stereocenters. The van der Waals surface area contributed by atoms with Crippen LogP contribution in [0.15, 0.2) is 84.2 Å². The lowest BCUT2D eigenvalue weighted by Gasteiger charge is -2.43. The van der Waals surface area contributed by atoms with E-state index in [9.17, 15) is 14.7 Å². The number of halogens is 2. The van der Waals surface area contributed by atoms with Crippen LogP contribution < -0.4 is 20.0 Å². The fourth-order valence-corrected chi connectivity index (χ4v) is 6.90. The molecule has 2 aliphatic heterocycles. The number of carboxylic acids is 1. The topological polar surface area (TPSA) is 117 Å². The number of aromatic carboxylic acids is 1. The third-order valence-corrected chi connectivity index (χ3v) is 9.79. The maximum atomic E-state index is 13.5.